The molecule has 23 heavy (non-hydrogen) atoms. The van der Waals surface area contributed by atoms with Gasteiger partial charge in [-0.1, -0.05) is 23.7 Å². The van der Waals surface area contributed by atoms with E-state index < -0.39 is 11.7 Å². The zero-order valence-electron chi connectivity index (χ0n) is 11.4. The molecule has 7 heteroatoms. The standard InChI is InChI=1S/C16H8ClF3N2O/c17-11-4-5-14-12(7-11)13(8-21)15(22(14)23)9-2-1-3-10(6-9)16(18,19)20/h1-7,23H. The lowest BCUT2D eigenvalue weighted by molar-refractivity contribution is -0.137. The Hall–Kier alpha value is -2.65. The molecule has 3 aromatic rings. The highest BCUT2D eigenvalue weighted by molar-refractivity contribution is 6.31. The molecule has 2 aromatic carbocycles. The van der Waals surface area contributed by atoms with Crippen LogP contribution in [0.15, 0.2) is 42.5 Å². The quantitative estimate of drug-likeness (QED) is 0.629. The predicted octanol–water partition coefficient (Wildman–Crippen LogP) is 5.09. The van der Waals surface area contributed by atoms with Crippen LogP contribution in [0.1, 0.15) is 11.1 Å². The molecule has 0 saturated heterocycles. The molecular weight excluding hydrogens is 329 g/mol. The van der Waals surface area contributed by atoms with E-state index in [9.17, 15) is 23.6 Å². The third-order valence-electron chi connectivity index (χ3n) is 3.48. The number of aromatic nitrogens is 1. The molecule has 116 valence electrons. The zero-order valence-corrected chi connectivity index (χ0v) is 12.2. The summed E-state index contributed by atoms with van der Waals surface area (Å²) in [4.78, 5) is 0. The van der Waals surface area contributed by atoms with E-state index in [1.54, 1.807) is 0 Å². The predicted molar refractivity (Wildman–Crippen MR) is 79.3 cm³/mol. The van der Waals surface area contributed by atoms with Gasteiger partial charge in [-0.15, -0.1) is 0 Å². The smallest absolute Gasteiger partial charge is 0.416 e. The molecule has 1 N–H and O–H groups in total. The van der Waals surface area contributed by atoms with Crippen LogP contribution in [0.4, 0.5) is 13.2 Å². The van der Waals surface area contributed by atoms with Gasteiger partial charge >= 0.3 is 6.18 Å². The average molecular weight is 337 g/mol. The van der Waals surface area contributed by atoms with E-state index in [0.717, 1.165) is 12.1 Å². The Kier molecular flexibility index (Phi) is 3.46. The van der Waals surface area contributed by atoms with Gasteiger partial charge < -0.3 is 5.21 Å². The van der Waals surface area contributed by atoms with Crippen molar-refractivity contribution in [3.05, 3.63) is 58.6 Å². The van der Waals surface area contributed by atoms with Crippen LogP contribution in [0.3, 0.4) is 0 Å². The number of alkyl halides is 3. The van der Waals surface area contributed by atoms with Crippen LogP contribution in [0.25, 0.3) is 22.2 Å². The van der Waals surface area contributed by atoms with Crippen molar-refractivity contribution in [1.29, 1.82) is 5.26 Å². The van der Waals surface area contributed by atoms with Crippen LogP contribution in [-0.4, -0.2) is 9.94 Å². The molecule has 0 fully saturated rings. The van der Waals surface area contributed by atoms with Crippen LogP contribution in [-0.2, 0) is 6.18 Å². The number of fused-ring (bicyclic) bond motifs is 1. The molecule has 0 aliphatic rings. The molecule has 0 amide bonds. The lowest BCUT2D eigenvalue weighted by Crippen LogP contribution is -2.05. The van der Waals surface area contributed by atoms with Gasteiger partial charge in [0.05, 0.1) is 16.6 Å². The Morgan fingerprint density at radius 2 is 1.87 bits per heavy atom. The summed E-state index contributed by atoms with van der Waals surface area (Å²) < 4.78 is 39.3. The second kappa shape index (κ2) is 5.21. The number of hydrogen-bond donors (Lipinski definition) is 1. The van der Waals surface area contributed by atoms with E-state index in [4.69, 9.17) is 11.6 Å². The van der Waals surface area contributed by atoms with Gasteiger partial charge in [0, 0.05) is 16.0 Å². The lowest BCUT2D eigenvalue weighted by Gasteiger charge is -2.09. The number of halogens is 4. The number of benzene rings is 2. The molecule has 0 aliphatic carbocycles. The minimum absolute atomic E-state index is 0.00383. The van der Waals surface area contributed by atoms with Crippen molar-refractivity contribution >= 4 is 22.5 Å². The maximum absolute atomic E-state index is 12.9. The molecule has 0 unspecified atom stereocenters. The lowest BCUT2D eigenvalue weighted by atomic mass is 10.0. The van der Waals surface area contributed by atoms with Crippen molar-refractivity contribution in [2.75, 3.05) is 0 Å². The summed E-state index contributed by atoms with van der Waals surface area (Å²) in [5.74, 6) is 0. The van der Waals surface area contributed by atoms with Crippen molar-refractivity contribution < 1.29 is 18.4 Å². The molecule has 3 rings (SSSR count). The van der Waals surface area contributed by atoms with Crippen LogP contribution in [0.2, 0.25) is 5.02 Å². The first-order valence-electron chi connectivity index (χ1n) is 6.44. The van der Waals surface area contributed by atoms with Crippen LogP contribution in [0, 0.1) is 11.3 Å². The third-order valence-corrected chi connectivity index (χ3v) is 3.71. The summed E-state index contributed by atoms with van der Waals surface area (Å²) in [5.41, 5.74) is -0.424. The van der Waals surface area contributed by atoms with E-state index in [0.29, 0.717) is 20.7 Å². The third kappa shape index (κ3) is 2.49. The van der Waals surface area contributed by atoms with Gasteiger partial charge in [0.25, 0.3) is 0 Å². The van der Waals surface area contributed by atoms with E-state index in [1.165, 1.54) is 30.3 Å². The number of rotatable bonds is 1. The molecule has 0 bridgehead atoms. The van der Waals surface area contributed by atoms with Crippen molar-refractivity contribution in [1.82, 2.24) is 4.73 Å². The van der Waals surface area contributed by atoms with E-state index in [-0.39, 0.29) is 16.8 Å². The van der Waals surface area contributed by atoms with Gasteiger partial charge in [0.2, 0.25) is 0 Å². The van der Waals surface area contributed by atoms with Crippen molar-refractivity contribution in [3.63, 3.8) is 0 Å². The fraction of sp³-hybridized carbons (Fsp3) is 0.0625. The second-order valence-corrected chi connectivity index (χ2v) is 5.32. The first-order valence-corrected chi connectivity index (χ1v) is 6.81. The Morgan fingerprint density at radius 3 is 2.52 bits per heavy atom. The van der Waals surface area contributed by atoms with Crippen molar-refractivity contribution in [3.8, 4) is 17.3 Å². The van der Waals surface area contributed by atoms with Gasteiger partial charge in [-0.2, -0.15) is 23.2 Å². The fourth-order valence-electron chi connectivity index (χ4n) is 2.47. The summed E-state index contributed by atoms with van der Waals surface area (Å²) in [6.45, 7) is 0. The normalized spacial score (nSPS) is 11.6. The van der Waals surface area contributed by atoms with Crippen LogP contribution in [0.5, 0.6) is 0 Å². The molecule has 0 atom stereocenters. The first kappa shape index (κ1) is 15.3. The Morgan fingerprint density at radius 1 is 1.13 bits per heavy atom. The maximum Gasteiger partial charge on any atom is 0.416 e. The fourth-order valence-corrected chi connectivity index (χ4v) is 2.64. The molecule has 1 heterocycles. The molecule has 0 spiro atoms. The van der Waals surface area contributed by atoms with Crippen molar-refractivity contribution in [2.24, 2.45) is 0 Å². The largest absolute Gasteiger partial charge is 0.428 e. The maximum atomic E-state index is 12.9. The van der Waals surface area contributed by atoms with E-state index in [2.05, 4.69) is 0 Å². The Bertz CT molecular complexity index is 954. The Labute approximate surface area is 133 Å². The molecular formula is C16H8ClF3N2O. The second-order valence-electron chi connectivity index (χ2n) is 4.89. The number of hydrogen-bond acceptors (Lipinski definition) is 2. The average Bonchev–Trinajstić information content (AvgIpc) is 2.78. The Balaban J connectivity index is 2.33. The highest BCUT2D eigenvalue weighted by Gasteiger charge is 2.31. The summed E-state index contributed by atoms with van der Waals surface area (Å²) in [5, 5.41) is 20.4. The summed E-state index contributed by atoms with van der Waals surface area (Å²) in [6, 6.07) is 10.9. The van der Waals surface area contributed by atoms with E-state index >= 15 is 0 Å². The zero-order chi connectivity index (χ0) is 16.8. The molecule has 3 nitrogen and oxygen atoms in total. The summed E-state index contributed by atoms with van der Waals surface area (Å²) >= 11 is 5.89. The van der Waals surface area contributed by atoms with Gasteiger partial charge in [0.1, 0.15) is 11.8 Å². The number of nitrogens with zero attached hydrogens (tertiary/aromatic N) is 2. The highest BCUT2D eigenvalue weighted by atomic mass is 35.5. The molecule has 0 aliphatic heterocycles. The minimum Gasteiger partial charge on any atom is -0.428 e. The molecule has 0 saturated carbocycles. The van der Waals surface area contributed by atoms with Crippen molar-refractivity contribution in [2.45, 2.75) is 6.18 Å². The van der Waals surface area contributed by atoms with Gasteiger partial charge in [0.15, 0.2) is 0 Å². The highest BCUT2D eigenvalue weighted by Crippen LogP contribution is 2.36. The minimum atomic E-state index is -4.52. The summed E-state index contributed by atoms with van der Waals surface area (Å²) in [7, 11) is 0. The monoisotopic (exact) mass is 336 g/mol. The van der Waals surface area contributed by atoms with Crippen LogP contribution >= 0.6 is 11.6 Å². The first-order chi connectivity index (χ1) is 10.8. The van der Waals surface area contributed by atoms with Gasteiger partial charge in [-0.05, 0) is 30.3 Å². The molecule has 1 aromatic heterocycles. The number of nitriles is 1. The topological polar surface area (TPSA) is 49.0 Å². The van der Waals surface area contributed by atoms with Gasteiger partial charge in [-0.25, -0.2) is 0 Å². The summed E-state index contributed by atoms with van der Waals surface area (Å²) in [6.07, 6.45) is -4.52. The SMILES string of the molecule is N#Cc1c(-c2cccc(C(F)(F)F)c2)n(O)c2ccc(Cl)cc12. The molecule has 0 radical (unpaired) electrons. The van der Waals surface area contributed by atoms with Crippen LogP contribution < -0.4 is 0 Å². The van der Waals surface area contributed by atoms with E-state index in [1.807, 2.05) is 6.07 Å². The van der Waals surface area contributed by atoms with Gasteiger partial charge in [-0.3, -0.25) is 0 Å².